The van der Waals surface area contributed by atoms with Gasteiger partial charge in [0.25, 0.3) is 0 Å². The molecule has 16 heavy (non-hydrogen) atoms. The normalized spacial score (nSPS) is 12.6. The zero-order valence-corrected chi connectivity index (χ0v) is 10.2. The summed E-state index contributed by atoms with van der Waals surface area (Å²) < 4.78 is 5.13. The van der Waals surface area contributed by atoms with E-state index in [1.807, 2.05) is 12.3 Å². The fourth-order valence-corrected chi connectivity index (χ4v) is 1.92. The van der Waals surface area contributed by atoms with Gasteiger partial charge in [0.05, 0.1) is 12.5 Å². The Morgan fingerprint density at radius 3 is 2.94 bits per heavy atom. The molecule has 0 bridgehead atoms. The van der Waals surface area contributed by atoms with Gasteiger partial charge in [-0.05, 0) is 31.9 Å². The summed E-state index contributed by atoms with van der Waals surface area (Å²) in [6.45, 7) is 6.88. The van der Waals surface area contributed by atoms with Crippen LogP contribution < -0.4 is 5.32 Å². The van der Waals surface area contributed by atoms with Gasteiger partial charge in [-0.25, -0.2) is 0 Å². The lowest BCUT2D eigenvalue weighted by Crippen LogP contribution is -2.20. The number of allylic oxidation sites excluding steroid dienone is 1. The van der Waals surface area contributed by atoms with Crippen LogP contribution in [0.1, 0.15) is 50.6 Å². The maximum atomic E-state index is 5.13. The van der Waals surface area contributed by atoms with Gasteiger partial charge in [0.15, 0.2) is 0 Å². The van der Waals surface area contributed by atoms with Crippen molar-refractivity contribution in [2.24, 2.45) is 0 Å². The molecule has 0 amide bonds. The first-order chi connectivity index (χ1) is 7.88. The second-order valence-electron chi connectivity index (χ2n) is 4.09. The van der Waals surface area contributed by atoms with E-state index in [-0.39, 0.29) is 0 Å². The molecule has 1 heterocycles. The van der Waals surface area contributed by atoms with Gasteiger partial charge in [-0.2, -0.15) is 0 Å². The molecule has 1 rings (SSSR count). The summed E-state index contributed by atoms with van der Waals surface area (Å²) in [5.74, 6) is 0. The van der Waals surface area contributed by atoms with Crippen molar-refractivity contribution in [3.8, 4) is 0 Å². The van der Waals surface area contributed by atoms with Gasteiger partial charge in [0.2, 0.25) is 0 Å². The van der Waals surface area contributed by atoms with Gasteiger partial charge in [0, 0.05) is 11.6 Å². The first kappa shape index (κ1) is 13.0. The third-order valence-electron chi connectivity index (χ3n) is 2.80. The summed E-state index contributed by atoms with van der Waals surface area (Å²) in [6, 6.07) is 2.50. The number of rotatable bonds is 9. The number of furan rings is 1. The molecule has 0 saturated heterocycles. The minimum absolute atomic E-state index is 0.451. The topological polar surface area (TPSA) is 25.2 Å². The fourth-order valence-electron chi connectivity index (χ4n) is 1.92. The lowest BCUT2D eigenvalue weighted by molar-refractivity contribution is 0.475. The summed E-state index contributed by atoms with van der Waals surface area (Å²) in [6.07, 6.45) is 11.7. The molecule has 0 aliphatic carbocycles. The maximum Gasteiger partial charge on any atom is 0.0950 e. The molecule has 1 N–H and O–H groups in total. The summed E-state index contributed by atoms with van der Waals surface area (Å²) in [5.41, 5.74) is 1.27. The first-order valence-corrected chi connectivity index (χ1v) is 6.24. The van der Waals surface area contributed by atoms with Gasteiger partial charge >= 0.3 is 0 Å². The molecule has 0 radical (unpaired) electrons. The molecule has 0 spiro atoms. The molecule has 0 aromatic carbocycles. The monoisotopic (exact) mass is 221 g/mol. The molecule has 1 unspecified atom stereocenters. The number of hydrogen-bond acceptors (Lipinski definition) is 2. The van der Waals surface area contributed by atoms with Crippen molar-refractivity contribution in [2.45, 2.75) is 45.1 Å². The van der Waals surface area contributed by atoms with Crippen molar-refractivity contribution in [3.63, 3.8) is 0 Å². The zero-order valence-electron chi connectivity index (χ0n) is 10.2. The summed E-state index contributed by atoms with van der Waals surface area (Å²) in [7, 11) is 0. The first-order valence-electron chi connectivity index (χ1n) is 6.24. The van der Waals surface area contributed by atoms with Crippen LogP contribution in [0.2, 0.25) is 0 Å². The molecule has 0 saturated carbocycles. The number of hydrogen-bond donors (Lipinski definition) is 1. The predicted molar refractivity (Wildman–Crippen MR) is 68.4 cm³/mol. The van der Waals surface area contributed by atoms with Crippen LogP contribution in [0.15, 0.2) is 35.7 Å². The highest BCUT2D eigenvalue weighted by Gasteiger charge is 2.10. The Bertz CT molecular complexity index is 266. The van der Waals surface area contributed by atoms with Crippen molar-refractivity contribution in [1.82, 2.24) is 5.32 Å². The molecular formula is C14H23NO. The second kappa shape index (κ2) is 8.17. The van der Waals surface area contributed by atoms with E-state index in [2.05, 4.69) is 24.9 Å². The predicted octanol–water partition coefficient (Wildman–Crippen LogP) is 4.07. The molecular weight excluding hydrogens is 198 g/mol. The highest BCUT2D eigenvalue weighted by Crippen LogP contribution is 2.20. The Balaban J connectivity index is 2.26. The van der Waals surface area contributed by atoms with Crippen molar-refractivity contribution < 1.29 is 4.42 Å². The average molecular weight is 221 g/mol. The smallest absolute Gasteiger partial charge is 0.0950 e. The SMILES string of the molecule is C=CCCCCCC(NCC)c1ccoc1. The summed E-state index contributed by atoms with van der Waals surface area (Å²) in [4.78, 5) is 0. The Morgan fingerprint density at radius 2 is 2.31 bits per heavy atom. The van der Waals surface area contributed by atoms with Crippen LogP contribution in [0.25, 0.3) is 0 Å². The van der Waals surface area contributed by atoms with Gasteiger partial charge in [-0.1, -0.05) is 25.8 Å². The van der Waals surface area contributed by atoms with E-state index >= 15 is 0 Å². The van der Waals surface area contributed by atoms with Crippen LogP contribution in [-0.2, 0) is 0 Å². The molecule has 0 aliphatic heterocycles. The lowest BCUT2D eigenvalue weighted by Gasteiger charge is -2.15. The minimum Gasteiger partial charge on any atom is -0.472 e. The van der Waals surface area contributed by atoms with Crippen LogP contribution >= 0.6 is 0 Å². The Hall–Kier alpha value is -1.02. The Labute approximate surface area is 98.7 Å². The van der Waals surface area contributed by atoms with Crippen LogP contribution in [0.5, 0.6) is 0 Å². The van der Waals surface area contributed by atoms with Crippen molar-refractivity contribution in [2.75, 3.05) is 6.54 Å². The molecule has 1 atom stereocenters. The van der Waals surface area contributed by atoms with Crippen LogP contribution in [0.3, 0.4) is 0 Å². The molecule has 1 aromatic heterocycles. The Kier molecular flexibility index (Phi) is 6.66. The van der Waals surface area contributed by atoms with E-state index in [1.54, 1.807) is 6.26 Å². The summed E-state index contributed by atoms with van der Waals surface area (Å²) in [5, 5.41) is 3.50. The third kappa shape index (κ3) is 4.67. The van der Waals surface area contributed by atoms with E-state index in [0.717, 1.165) is 13.0 Å². The molecule has 0 fully saturated rings. The fraction of sp³-hybridized carbons (Fsp3) is 0.571. The largest absolute Gasteiger partial charge is 0.472 e. The number of nitrogens with one attached hydrogen (secondary N) is 1. The highest BCUT2D eigenvalue weighted by molar-refractivity contribution is 5.11. The molecule has 90 valence electrons. The lowest BCUT2D eigenvalue weighted by atomic mass is 10.0. The van der Waals surface area contributed by atoms with Crippen molar-refractivity contribution in [3.05, 3.63) is 36.8 Å². The van der Waals surface area contributed by atoms with Crippen LogP contribution in [-0.4, -0.2) is 6.54 Å². The van der Waals surface area contributed by atoms with Crippen LogP contribution in [0.4, 0.5) is 0 Å². The standard InChI is InChI=1S/C14H23NO/c1-3-5-6-7-8-9-14(15-4-2)13-10-11-16-12-13/h3,10-12,14-15H,1,4-9H2,2H3. The van der Waals surface area contributed by atoms with Crippen molar-refractivity contribution in [1.29, 1.82) is 0 Å². The second-order valence-corrected chi connectivity index (χ2v) is 4.09. The van der Waals surface area contributed by atoms with Gasteiger partial charge in [-0.15, -0.1) is 6.58 Å². The minimum atomic E-state index is 0.451. The van der Waals surface area contributed by atoms with Crippen LogP contribution in [0, 0.1) is 0 Å². The van der Waals surface area contributed by atoms with E-state index < -0.39 is 0 Å². The highest BCUT2D eigenvalue weighted by atomic mass is 16.3. The third-order valence-corrected chi connectivity index (χ3v) is 2.80. The molecule has 2 nitrogen and oxygen atoms in total. The zero-order chi connectivity index (χ0) is 11.6. The average Bonchev–Trinajstić information content (AvgIpc) is 2.81. The van der Waals surface area contributed by atoms with Crippen molar-refractivity contribution >= 4 is 0 Å². The van der Waals surface area contributed by atoms with E-state index in [0.29, 0.717) is 6.04 Å². The molecule has 1 aromatic rings. The quantitative estimate of drug-likeness (QED) is 0.502. The van der Waals surface area contributed by atoms with Gasteiger partial charge in [0.1, 0.15) is 0 Å². The van der Waals surface area contributed by atoms with E-state index in [1.165, 1.54) is 31.2 Å². The summed E-state index contributed by atoms with van der Waals surface area (Å²) >= 11 is 0. The van der Waals surface area contributed by atoms with E-state index in [4.69, 9.17) is 4.42 Å². The van der Waals surface area contributed by atoms with E-state index in [9.17, 15) is 0 Å². The molecule has 0 aliphatic rings. The number of unbranched alkanes of at least 4 members (excludes halogenated alkanes) is 3. The maximum absolute atomic E-state index is 5.13. The van der Waals surface area contributed by atoms with Gasteiger partial charge in [-0.3, -0.25) is 0 Å². The molecule has 2 heteroatoms. The Morgan fingerprint density at radius 1 is 1.44 bits per heavy atom. The van der Waals surface area contributed by atoms with Gasteiger partial charge < -0.3 is 9.73 Å².